The molecule has 3 aliphatic rings. The van der Waals surface area contributed by atoms with Gasteiger partial charge in [0.2, 0.25) is 5.91 Å². The molecule has 1 saturated carbocycles. The maximum Gasteiger partial charge on any atom is 0.490 e. The number of likely N-dealkylation sites (tertiary alicyclic amines) is 1. The number of aromatic nitrogens is 1. The fraction of sp³-hybridized carbons (Fsp3) is 0.632. The molecule has 2 unspecified atom stereocenters. The zero-order valence-electron chi connectivity index (χ0n) is 15.7. The number of alkyl halides is 3. The van der Waals surface area contributed by atoms with Gasteiger partial charge < -0.3 is 19.5 Å². The monoisotopic (exact) mass is 416 g/mol. The number of rotatable bonds is 3. The summed E-state index contributed by atoms with van der Waals surface area (Å²) in [6, 6.07) is 3.79. The number of aliphatic carboxylic acids is 1. The summed E-state index contributed by atoms with van der Waals surface area (Å²) in [5, 5.41) is 7.12. The Hall–Kier alpha value is -2.36. The molecule has 7 nitrogen and oxygen atoms in total. The first kappa shape index (κ1) is 21.4. The molecule has 0 radical (unpaired) electrons. The largest absolute Gasteiger partial charge is 0.490 e. The van der Waals surface area contributed by atoms with Gasteiger partial charge in [-0.1, -0.05) is 6.42 Å². The molecule has 1 aliphatic carbocycles. The number of ether oxygens (including phenoxy) is 2. The molecule has 0 bridgehead atoms. The minimum atomic E-state index is -5.08. The second-order valence-electron chi connectivity index (χ2n) is 7.57. The van der Waals surface area contributed by atoms with Crippen LogP contribution < -0.4 is 4.74 Å². The lowest BCUT2D eigenvalue weighted by Gasteiger charge is -2.30. The normalized spacial score (nSPS) is 26.6. The van der Waals surface area contributed by atoms with Crippen molar-refractivity contribution < 1.29 is 37.3 Å². The Morgan fingerprint density at radius 3 is 2.62 bits per heavy atom. The molecule has 160 valence electrons. The Balaban J connectivity index is 0.000000298. The van der Waals surface area contributed by atoms with Gasteiger partial charge in [0.15, 0.2) is 0 Å². The molecular weight excluding hydrogens is 393 g/mol. The standard InChI is InChI=1S/C17H22N2O3.C2HF3O2/c20-16(13-3-1-4-13)19-8-6-17(12-19)9-15(11-21-17)22-14-5-2-7-18-10-14;3-2(4,5)1(6)7/h2,5,7,10,13,15H,1,3-4,6,8-9,11-12H2;(H,6,7). The number of halogens is 3. The highest BCUT2D eigenvalue weighted by molar-refractivity contribution is 5.80. The number of nitrogens with zero attached hydrogens (tertiary/aromatic N) is 2. The molecule has 3 fully saturated rings. The molecule has 1 aromatic rings. The molecule has 2 aliphatic heterocycles. The van der Waals surface area contributed by atoms with Crippen LogP contribution in [0.25, 0.3) is 0 Å². The van der Waals surface area contributed by atoms with Crippen LogP contribution >= 0.6 is 0 Å². The van der Waals surface area contributed by atoms with Crippen LogP contribution in [0.15, 0.2) is 24.5 Å². The van der Waals surface area contributed by atoms with Crippen LogP contribution in [0.2, 0.25) is 0 Å². The molecule has 0 aromatic carbocycles. The molecule has 29 heavy (non-hydrogen) atoms. The smallest absolute Gasteiger partial charge is 0.486 e. The molecule has 1 amide bonds. The van der Waals surface area contributed by atoms with Crippen molar-refractivity contribution >= 4 is 11.9 Å². The van der Waals surface area contributed by atoms with Crippen molar-refractivity contribution in [3.8, 4) is 5.75 Å². The summed E-state index contributed by atoms with van der Waals surface area (Å²) in [5.41, 5.74) is -0.188. The van der Waals surface area contributed by atoms with E-state index in [4.69, 9.17) is 19.4 Å². The quantitative estimate of drug-likeness (QED) is 0.815. The van der Waals surface area contributed by atoms with Gasteiger partial charge in [0, 0.05) is 31.6 Å². The average Bonchev–Trinajstić information content (AvgIpc) is 3.21. The first-order valence-electron chi connectivity index (χ1n) is 9.48. The van der Waals surface area contributed by atoms with E-state index in [-0.39, 0.29) is 17.6 Å². The van der Waals surface area contributed by atoms with Gasteiger partial charge in [-0.05, 0) is 31.4 Å². The van der Waals surface area contributed by atoms with Crippen LogP contribution in [0.3, 0.4) is 0 Å². The van der Waals surface area contributed by atoms with Crippen molar-refractivity contribution in [3.63, 3.8) is 0 Å². The third-order valence-corrected chi connectivity index (χ3v) is 5.44. The van der Waals surface area contributed by atoms with Crippen LogP contribution in [-0.4, -0.2) is 64.4 Å². The van der Waals surface area contributed by atoms with Crippen molar-refractivity contribution in [2.45, 2.75) is 50.0 Å². The van der Waals surface area contributed by atoms with Crippen LogP contribution in [0, 0.1) is 5.92 Å². The van der Waals surface area contributed by atoms with Gasteiger partial charge in [0.1, 0.15) is 11.9 Å². The molecule has 10 heteroatoms. The lowest BCUT2D eigenvalue weighted by molar-refractivity contribution is -0.192. The Labute approximate surface area is 165 Å². The van der Waals surface area contributed by atoms with Crippen molar-refractivity contribution in [2.24, 2.45) is 5.92 Å². The van der Waals surface area contributed by atoms with E-state index in [2.05, 4.69) is 4.98 Å². The van der Waals surface area contributed by atoms with E-state index < -0.39 is 12.1 Å². The number of carbonyl (C=O) groups excluding carboxylic acids is 1. The molecule has 1 aromatic heterocycles. The van der Waals surface area contributed by atoms with Crippen LogP contribution in [-0.2, 0) is 14.3 Å². The van der Waals surface area contributed by atoms with E-state index >= 15 is 0 Å². The average molecular weight is 416 g/mol. The molecule has 2 saturated heterocycles. The fourth-order valence-electron chi connectivity index (χ4n) is 3.72. The van der Waals surface area contributed by atoms with Gasteiger partial charge in [0.25, 0.3) is 0 Å². The van der Waals surface area contributed by atoms with Crippen molar-refractivity contribution in [1.82, 2.24) is 9.88 Å². The van der Waals surface area contributed by atoms with Crippen LogP contribution in [0.1, 0.15) is 32.1 Å². The number of hydrogen-bond donors (Lipinski definition) is 1. The molecule has 2 atom stereocenters. The van der Waals surface area contributed by atoms with Gasteiger partial charge in [-0.25, -0.2) is 4.79 Å². The topological polar surface area (TPSA) is 89.0 Å². The van der Waals surface area contributed by atoms with Gasteiger partial charge >= 0.3 is 12.1 Å². The van der Waals surface area contributed by atoms with Crippen LogP contribution in [0.4, 0.5) is 13.2 Å². The highest BCUT2D eigenvalue weighted by atomic mass is 19.4. The number of carboxylic acid groups (broad SMARTS) is 1. The van der Waals surface area contributed by atoms with Gasteiger partial charge in [0.05, 0.1) is 18.4 Å². The van der Waals surface area contributed by atoms with Crippen LogP contribution in [0.5, 0.6) is 5.75 Å². The predicted octanol–water partition coefficient (Wildman–Crippen LogP) is 2.65. The highest BCUT2D eigenvalue weighted by Gasteiger charge is 2.48. The number of pyridine rings is 1. The SMILES string of the molecule is O=C(C1CCC1)N1CCC2(CC(Oc3cccnc3)CO2)C1.O=C(O)C(F)(F)F. The Morgan fingerprint density at radius 2 is 2.07 bits per heavy atom. The number of carboxylic acids is 1. The third kappa shape index (κ3) is 5.37. The predicted molar refractivity (Wildman–Crippen MR) is 94.2 cm³/mol. The minimum Gasteiger partial charge on any atom is -0.486 e. The Bertz CT molecular complexity index is 726. The highest BCUT2D eigenvalue weighted by Crippen LogP contribution is 2.38. The number of amides is 1. The zero-order valence-corrected chi connectivity index (χ0v) is 15.7. The molecule has 1 spiro atoms. The molecule has 3 heterocycles. The van der Waals surface area contributed by atoms with Gasteiger partial charge in [-0.3, -0.25) is 9.78 Å². The summed E-state index contributed by atoms with van der Waals surface area (Å²) in [5.74, 6) is -1.36. The third-order valence-electron chi connectivity index (χ3n) is 5.44. The van der Waals surface area contributed by atoms with E-state index in [9.17, 15) is 18.0 Å². The fourth-order valence-corrected chi connectivity index (χ4v) is 3.72. The van der Waals surface area contributed by atoms with Crippen molar-refractivity contribution in [2.75, 3.05) is 19.7 Å². The number of hydrogen-bond acceptors (Lipinski definition) is 5. The zero-order chi connectivity index (χ0) is 21.1. The first-order valence-corrected chi connectivity index (χ1v) is 9.48. The van der Waals surface area contributed by atoms with E-state index in [1.807, 2.05) is 17.0 Å². The summed E-state index contributed by atoms with van der Waals surface area (Å²) in [6.07, 6.45) is 3.56. The van der Waals surface area contributed by atoms with Crippen molar-refractivity contribution in [1.29, 1.82) is 0 Å². The van der Waals surface area contributed by atoms with Gasteiger partial charge in [-0.2, -0.15) is 13.2 Å². The summed E-state index contributed by atoms with van der Waals surface area (Å²) < 4.78 is 43.7. The minimum absolute atomic E-state index is 0.0583. The summed E-state index contributed by atoms with van der Waals surface area (Å²) in [7, 11) is 0. The van der Waals surface area contributed by atoms with E-state index in [1.165, 1.54) is 6.42 Å². The van der Waals surface area contributed by atoms with Crippen molar-refractivity contribution in [3.05, 3.63) is 24.5 Å². The second-order valence-corrected chi connectivity index (χ2v) is 7.57. The van der Waals surface area contributed by atoms with Gasteiger partial charge in [-0.15, -0.1) is 0 Å². The summed E-state index contributed by atoms with van der Waals surface area (Å²) in [6.45, 7) is 2.16. The second kappa shape index (κ2) is 8.56. The summed E-state index contributed by atoms with van der Waals surface area (Å²) in [4.78, 5) is 27.3. The lowest BCUT2D eigenvalue weighted by atomic mass is 9.84. The van der Waals surface area contributed by atoms with E-state index in [1.54, 1.807) is 12.4 Å². The Morgan fingerprint density at radius 1 is 1.34 bits per heavy atom. The maximum atomic E-state index is 12.4. The van der Waals surface area contributed by atoms with E-state index in [0.717, 1.165) is 44.5 Å². The summed E-state index contributed by atoms with van der Waals surface area (Å²) >= 11 is 0. The molecule has 4 rings (SSSR count). The maximum absolute atomic E-state index is 12.4. The van der Waals surface area contributed by atoms with E-state index in [0.29, 0.717) is 12.5 Å². The number of carbonyl (C=O) groups is 2. The first-order chi connectivity index (χ1) is 13.7. The molecule has 1 N–H and O–H groups in total. The lowest BCUT2D eigenvalue weighted by Crippen LogP contribution is -2.40. The Kier molecular flexibility index (Phi) is 6.30. The molecular formula is C19H23F3N2O5.